The van der Waals surface area contributed by atoms with Crippen LogP contribution in [-0.2, 0) is 4.74 Å². The highest BCUT2D eigenvalue weighted by Crippen LogP contribution is 2.41. The van der Waals surface area contributed by atoms with Crippen LogP contribution in [-0.4, -0.2) is 39.0 Å². The molecule has 2 nitrogen and oxygen atoms in total. The minimum atomic E-state index is -1.26. The van der Waals surface area contributed by atoms with Crippen molar-refractivity contribution in [3.8, 4) is 11.8 Å². The SMILES string of the molecule is CC(C)(C#CCC1CCCO1)N1[Si](C)(C)CC[Si]1(C)C. The Balaban J connectivity index is 2.10. The number of rotatable bonds is 2. The van der Waals surface area contributed by atoms with Crippen LogP contribution in [0.5, 0.6) is 0 Å². The zero-order valence-electron chi connectivity index (χ0n) is 14.2. The van der Waals surface area contributed by atoms with Crippen molar-refractivity contribution in [1.29, 1.82) is 0 Å². The molecule has 0 saturated carbocycles. The Morgan fingerprint density at radius 2 is 1.75 bits per heavy atom. The monoisotopic (exact) mass is 309 g/mol. The number of ether oxygens (including phenoxy) is 1. The van der Waals surface area contributed by atoms with Crippen molar-refractivity contribution in [2.75, 3.05) is 6.61 Å². The standard InChI is InChI=1S/C16H31NOSi2/c1-16(2,11-7-9-15-10-8-12-18-15)17-19(3,4)13-14-20(17,5)6/h15H,8-10,12-14H2,1-6H3. The Morgan fingerprint density at radius 3 is 2.25 bits per heavy atom. The Morgan fingerprint density at radius 1 is 1.15 bits per heavy atom. The van der Waals surface area contributed by atoms with Gasteiger partial charge in [0.1, 0.15) is 16.5 Å². The summed E-state index contributed by atoms with van der Waals surface area (Å²) >= 11 is 0. The molecule has 1 atom stereocenters. The molecule has 0 amide bonds. The molecule has 0 aliphatic carbocycles. The summed E-state index contributed by atoms with van der Waals surface area (Å²) in [4.78, 5) is 0. The van der Waals surface area contributed by atoms with Crippen LogP contribution in [0, 0.1) is 11.8 Å². The first kappa shape index (κ1) is 16.3. The summed E-state index contributed by atoms with van der Waals surface area (Å²) in [5.41, 5.74) is 0.0422. The minimum absolute atomic E-state index is 0.0422. The fourth-order valence-corrected chi connectivity index (χ4v) is 20.1. The molecule has 20 heavy (non-hydrogen) atoms. The van der Waals surface area contributed by atoms with Gasteiger partial charge in [-0.15, -0.1) is 0 Å². The number of hydrogen-bond acceptors (Lipinski definition) is 2. The smallest absolute Gasteiger partial charge is 0.116 e. The Bertz CT molecular complexity index is 398. The van der Waals surface area contributed by atoms with Gasteiger partial charge in [-0.05, 0) is 38.8 Å². The van der Waals surface area contributed by atoms with E-state index in [0.29, 0.717) is 6.10 Å². The van der Waals surface area contributed by atoms with E-state index < -0.39 is 16.5 Å². The fraction of sp³-hybridized carbons (Fsp3) is 0.875. The van der Waals surface area contributed by atoms with Crippen molar-refractivity contribution in [2.45, 2.75) is 83.0 Å². The molecule has 0 radical (unpaired) electrons. The van der Waals surface area contributed by atoms with Gasteiger partial charge in [0.15, 0.2) is 0 Å². The summed E-state index contributed by atoms with van der Waals surface area (Å²) in [5.74, 6) is 7.05. The van der Waals surface area contributed by atoms with Crippen LogP contribution in [0.15, 0.2) is 0 Å². The molecule has 0 aromatic rings. The van der Waals surface area contributed by atoms with Gasteiger partial charge in [0.2, 0.25) is 0 Å². The Hall–Kier alpha value is -0.0862. The van der Waals surface area contributed by atoms with Gasteiger partial charge >= 0.3 is 0 Å². The third-order valence-electron chi connectivity index (χ3n) is 4.87. The normalized spacial score (nSPS) is 29.2. The van der Waals surface area contributed by atoms with Gasteiger partial charge < -0.3 is 8.97 Å². The topological polar surface area (TPSA) is 12.5 Å². The summed E-state index contributed by atoms with van der Waals surface area (Å²) in [5, 5.41) is 0. The minimum Gasteiger partial charge on any atom is -0.377 e. The second-order valence-corrected chi connectivity index (χ2v) is 17.8. The van der Waals surface area contributed by atoms with E-state index in [9.17, 15) is 0 Å². The average molecular weight is 310 g/mol. The molecule has 2 aliphatic rings. The largest absolute Gasteiger partial charge is 0.377 e. The zero-order chi connectivity index (χ0) is 15.0. The summed E-state index contributed by atoms with van der Waals surface area (Å²) in [6, 6.07) is 2.89. The molecular weight excluding hydrogens is 278 g/mol. The van der Waals surface area contributed by atoms with E-state index in [1.165, 1.54) is 24.9 Å². The second kappa shape index (κ2) is 5.60. The van der Waals surface area contributed by atoms with Crippen LogP contribution in [0.4, 0.5) is 0 Å². The quantitative estimate of drug-likeness (QED) is 0.563. The number of hydrogen-bond donors (Lipinski definition) is 0. The van der Waals surface area contributed by atoms with Gasteiger partial charge in [0.05, 0.1) is 11.6 Å². The predicted octanol–water partition coefficient (Wildman–Crippen LogP) is 4.06. The first-order valence-electron chi connectivity index (χ1n) is 8.07. The molecule has 2 aliphatic heterocycles. The van der Waals surface area contributed by atoms with Crippen LogP contribution >= 0.6 is 0 Å². The first-order valence-corrected chi connectivity index (χ1v) is 14.4. The molecule has 2 rings (SSSR count). The van der Waals surface area contributed by atoms with Crippen LogP contribution in [0.3, 0.4) is 0 Å². The van der Waals surface area contributed by atoms with Crippen LogP contribution in [0.1, 0.15) is 33.1 Å². The Kier molecular flexibility index (Phi) is 4.56. The molecule has 0 spiro atoms. The van der Waals surface area contributed by atoms with Crippen molar-refractivity contribution in [2.24, 2.45) is 0 Å². The lowest BCUT2D eigenvalue weighted by Crippen LogP contribution is -2.63. The highest BCUT2D eigenvalue weighted by Gasteiger charge is 2.52. The highest BCUT2D eigenvalue weighted by molar-refractivity contribution is 6.95. The molecule has 0 aromatic carbocycles. The van der Waals surface area contributed by atoms with E-state index in [1.807, 2.05) is 0 Å². The van der Waals surface area contributed by atoms with E-state index in [1.54, 1.807) is 0 Å². The molecule has 0 aromatic heterocycles. The lowest BCUT2D eigenvalue weighted by atomic mass is 10.1. The van der Waals surface area contributed by atoms with Crippen LogP contribution < -0.4 is 0 Å². The molecule has 1 unspecified atom stereocenters. The maximum absolute atomic E-state index is 5.68. The van der Waals surface area contributed by atoms with Crippen molar-refractivity contribution in [3.05, 3.63) is 0 Å². The molecule has 2 saturated heterocycles. The van der Waals surface area contributed by atoms with E-state index in [2.05, 4.69) is 56.1 Å². The van der Waals surface area contributed by atoms with Gasteiger partial charge in [-0.2, -0.15) is 0 Å². The molecule has 0 bridgehead atoms. The molecule has 2 fully saturated rings. The van der Waals surface area contributed by atoms with Crippen molar-refractivity contribution >= 4 is 16.5 Å². The maximum Gasteiger partial charge on any atom is 0.116 e. The van der Waals surface area contributed by atoms with Gasteiger partial charge in [0, 0.05) is 13.0 Å². The van der Waals surface area contributed by atoms with Crippen molar-refractivity contribution in [1.82, 2.24) is 4.23 Å². The fourth-order valence-electron chi connectivity index (χ4n) is 4.41. The second-order valence-electron chi connectivity index (χ2n) is 8.16. The van der Waals surface area contributed by atoms with Crippen molar-refractivity contribution in [3.63, 3.8) is 0 Å². The third-order valence-corrected chi connectivity index (χ3v) is 15.5. The van der Waals surface area contributed by atoms with E-state index in [-0.39, 0.29) is 5.54 Å². The molecule has 2 heterocycles. The Labute approximate surface area is 127 Å². The highest BCUT2D eigenvalue weighted by atomic mass is 28.4. The van der Waals surface area contributed by atoms with E-state index in [0.717, 1.165) is 13.0 Å². The number of nitrogens with zero attached hydrogens (tertiary/aromatic N) is 1. The van der Waals surface area contributed by atoms with Gasteiger partial charge in [-0.1, -0.05) is 38.0 Å². The summed E-state index contributed by atoms with van der Waals surface area (Å²) in [6.07, 6.45) is 3.72. The van der Waals surface area contributed by atoms with Crippen LogP contribution in [0.25, 0.3) is 0 Å². The zero-order valence-corrected chi connectivity index (χ0v) is 16.2. The van der Waals surface area contributed by atoms with Gasteiger partial charge in [-0.25, -0.2) is 0 Å². The molecule has 114 valence electrons. The lowest BCUT2D eigenvalue weighted by Gasteiger charge is -2.47. The predicted molar refractivity (Wildman–Crippen MR) is 91.9 cm³/mol. The average Bonchev–Trinajstić information content (AvgIpc) is 2.85. The van der Waals surface area contributed by atoms with E-state index in [4.69, 9.17) is 4.74 Å². The molecule has 0 N–H and O–H groups in total. The summed E-state index contributed by atoms with van der Waals surface area (Å²) in [6.45, 7) is 15.7. The third kappa shape index (κ3) is 3.38. The molecular formula is C16H31NOSi2. The van der Waals surface area contributed by atoms with Crippen LogP contribution in [0.2, 0.25) is 38.3 Å². The summed E-state index contributed by atoms with van der Waals surface area (Å²) < 4.78 is 8.57. The van der Waals surface area contributed by atoms with Crippen molar-refractivity contribution < 1.29 is 4.74 Å². The van der Waals surface area contributed by atoms with Gasteiger partial charge in [0.25, 0.3) is 0 Å². The molecule has 4 heteroatoms. The summed E-state index contributed by atoms with van der Waals surface area (Å²) in [7, 11) is -2.52. The first-order chi connectivity index (χ1) is 9.15. The maximum atomic E-state index is 5.68. The van der Waals surface area contributed by atoms with E-state index >= 15 is 0 Å². The lowest BCUT2D eigenvalue weighted by molar-refractivity contribution is 0.115. The van der Waals surface area contributed by atoms with Gasteiger partial charge in [-0.3, -0.25) is 0 Å².